The van der Waals surface area contributed by atoms with Crippen molar-refractivity contribution in [1.29, 1.82) is 0 Å². The maximum Gasteiger partial charge on any atom is 0.191 e. The minimum absolute atomic E-state index is 0.764. The van der Waals surface area contributed by atoms with Crippen LogP contribution in [0.4, 0.5) is 0 Å². The predicted octanol–water partition coefficient (Wildman–Crippen LogP) is 3.11. The number of aryl methyl sites for hydroxylation is 2. The summed E-state index contributed by atoms with van der Waals surface area (Å²) in [5.74, 6) is 1.76. The fourth-order valence-corrected chi connectivity index (χ4v) is 3.46. The molecule has 1 aromatic heterocycles. The molecule has 0 radical (unpaired) electrons. The highest BCUT2D eigenvalue weighted by Gasteiger charge is 2.04. The predicted molar refractivity (Wildman–Crippen MR) is 106 cm³/mol. The van der Waals surface area contributed by atoms with Crippen molar-refractivity contribution < 1.29 is 4.74 Å². The summed E-state index contributed by atoms with van der Waals surface area (Å²) in [5, 5.41) is 7.83. The van der Waals surface area contributed by atoms with E-state index in [4.69, 9.17) is 4.74 Å². The third kappa shape index (κ3) is 6.38. The third-order valence-corrected chi connectivity index (χ3v) is 4.95. The number of aliphatic imine (C=N–C) groups is 1. The van der Waals surface area contributed by atoms with Crippen LogP contribution in [-0.2, 0) is 12.8 Å². The molecule has 6 heteroatoms. The normalized spacial score (nSPS) is 11.4. The summed E-state index contributed by atoms with van der Waals surface area (Å²) in [4.78, 5) is 10.5. The van der Waals surface area contributed by atoms with Gasteiger partial charge in [-0.2, -0.15) is 0 Å². The zero-order chi connectivity index (χ0) is 18.1. The second kappa shape index (κ2) is 10.0. The molecule has 1 heterocycles. The molecule has 0 spiro atoms. The number of guanidine groups is 1. The van der Waals surface area contributed by atoms with E-state index in [-0.39, 0.29) is 0 Å². The lowest BCUT2D eigenvalue weighted by atomic mass is 10.1. The minimum atomic E-state index is 0.764. The molecule has 0 saturated heterocycles. The topological polar surface area (TPSA) is 58.5 Å². The Balaban J connectivity index is 1.81. The van der Waals surface area contributed by atoms with Gasteiger partial charge in [-0.3, -0.25) is 4.99 Å². The number of benzene rings is 1. The first-order valence-corrected chi connectivity index (χ1v) is 9.52. The molecular weight excluding hydrogens is 332 g/mol. The lowest BCUT2D eigenvalue weighted by molar-refractivity contribution is 0.414. The standard InChI is InChI=1S/C19H28N4OS/c1-5-20-19(22-13-11-18-14(2)23-15(3)25-18)21-12-10-16-6-8-17(24-4)9-7-16/h6-9H,5,10-13H2,1-4H3,(H2,20,21,22). The quantitative estimate of drug-likeness (QED) is 0.561. The van der Waals surface area contributed by atoms with Gasteiger partial charge in [0.1, 0.15) is 5.75 Å². The fourth-order valence-electron chi connectivity index (χ4n) is 2.53. The van der Waals surface area contributed by atoms with Crippen LogP contribution in [0.3, 0.4) is 0 Å². The van der Waals surface area contributed by atoms with Crippen LogP contribution in [0.15, 0.2) is 29.3 Å². The van der Waals surface area contributed by atoms with Crippen LogP contribution in [0.1, 0.15) is 28.1 Å². The van der Waals surface area contributed by atoms with Gasteiger partial charge in [0.05, 0.1) is 17.8 Å². The van der Waals surface area contributed by atoms with Crippen LogP contribution in [0, 0.1) is 13.8 Å². The molecule has 0 unspecified atom stereocenters. The fraction of sp³-hybridized carbons (Fsp3) is 0.474. The van der Waals surface area contributed by atoms with Gasteiger partial charge in [0.25, 0.3) is 0 Å². The SMILES string of the molecule is CCNC(=NCCc1sc(C)nc1C)NCCc1ccc(OC)cc1. The lowest BCUT2D eigenvalue weighted by Gasteiger charge is -2.11. The van der Waals surface area contributed by atoms with E-state index in [1.807, 2.05) is 12.1 Å². The van der Waals surface area contributed by atoms with Gasteiger partial charge < -0.3 is 15.4 Å². The molecule has 25 heavy (non-hydrogen) atoms. The Morgan fingerprint density at radius 2 is 1.92 bits per heavy atom. The Kier molecular flexibility index (Phi) is 7.73. The van der Waals surface area contributed by atoms with Crippen LogP contribution in [0.2, 0.25) is 0 Å². The number of nitrogens with one attached hydrogen (secondary N) is 2. The number of hydrogen-bond acceptors (Lipinski definition) is 4. The van der Waals surface area contributed by atoms with E-state index >= 15 is 0 Å². The first-order chi connectivity index (χ1) is 12.1. The molecule has 0 aliphatic carbocycles. The van der Waals surface area contributed by atoms with E-state index in [1.165, 1.54) is 10.4 Å². The molecule has 1 aromatic carbocycles. The van der Waals surface area contributed by atoms with Crippen LogP contribution in [-0.4, -0.2) is 37.7 Å². The molecule has 0 saturated carbocycles. The molecule has 0 aliphatic heterocycles. The van der Waals surface area contributed by atoms with Gasteiger partial charge in [-0.05, 0) is 44.9 Å². The lowest BCUT2D eigenvalue weighted by Crippen LogP contribution is -2.38. The molecule has 0 fully saturated rings. The molecule has 5 nitrogen and oxygen atoms in total. The number of aromatic nitrogens is 1. The first-order valence-electron chi connectivity index (χ1n) is 8.70. The second-order valence-electron chi connectivity index (χ2n) is 5.78. The van der Waals surface area contributed by atoms with E-state index in [9.17, 15) is 0 Å². The van der Waals surface area contributed by atoms with Crippen molar-refractivity contribution in [2.24, 2.45) is 4.99 Å². The van der Waals surface area contributed by atoms with Gasteiger partial charge in [-0.1, -0.05) is 12.1 Å². The van der Waals surface area contributed by atoms with Crippen molar-refractivity contribution in [3.05, 3.63) is 45.4 Å². The molecule has 0 atom stereocenters. The van der Waals surface area contributed by atoms with Gasteiger partial charge in [-0.15, -0.1) is 11.3 Å². The molecule has 0 bridgehead atoms. The van der Waals surface area contributed by atoms with Crippen molar-refractivity contribution in [3.8, 4) is 5.75 Å². The highest BCUT2D eigenvalue weighted by molar-refractivity contribution is 7.11. The molecule has 136 valence electrons. The number of methoxy groups -OCH3 is 1. The summed E-state index contributed by atoms with van der Waals surface area (Å²) >= 11 is 1.77. The smallest absolute Gasteiger partial charge is 0.191 e. The summed E-state index contributed by atoms with van der Waals surface area (Å²) < 4.78 is 5.19. The summed E-state index contributed by atoms with van der Waals surface area (Å²) in [6.45, 7) is 8.66. The number of rotatable bonds is 8. The Morgan fingerprint density at radius 3 is 2.52 bits per heavy atom. The number of nitrogens with zero attached hydrogens (tertiary/aromatic N) is 2. The third-order valence-electron chi connectivity index (χ3n) is 3.82. The summed E-state index contributed by atoms with van der Waals surface area (Å²) in [5.41, 5.74) is 2.41. The van der Waals surface area contributed by atoms with Gasteiger partial charge in [0, 0.05) is 30.9 Å². The van der Waals surface area contributed by atoms with Crippen LogP contribution in [0.5, 0.6) is 5.75 Å². The van der Waals surface area contributed by atoms with E-state index in [0.717, 1.165) is 54.9 Å². The average Bonchev–Trinajstić information content (AvgIpc) is 2.93. The zero-order valence-electron chi connectivity index (χ0n) is 15.6. The van der Waals surface area contributed by atoms with Crippen molar-refractivity contribution >= 4 is 17.3 Å². The zero-order valence-corrected chi connectivity index (χ0v) is 16.4. The maximum atomic E-state index is 5.19. The van der Waals surface area contributed by atoms with Gasteiger partial charge >= 0.3 is 0 Å². The Hall–Kier alpha value is -2.08. The summed E-state index contributed by atoms with van der Waals surface area (Å²) in [6, 6.07) is 8.18. The summed E-state index contributed by atoms with van der Waals surface area (Å²) in [7, 11) is 1.69. The molecule has 2 aromatic rings. The highest BCUT2D eigenvalue weighted by Crippen LogP contribution is 2.17. The minimum Gasteiger partial charge on any atom is -0.497 e. The van der Waals surface area contributed by atoms with Crippen molar-refractivity contribution in [2.75, 3.05) is 26.7 Å². The molecule has 2 N–H and O–H groups in total. The van der Waals surface area contributed by atoms with Crippen LogP contribution < -0.4 is 15.4 Å². The molecule has 0 amide bonds. The van der Waals surface area contributed by atoms with Crippen molar-refractivity contribution in [1.82, 2.24) is 15.6 Å². The van der Waals surface area contributed by atoms with Gasteiger partial charge in [0.2, 0.25) is 0 Å². The highest BCUT2D eigenvalue weighted by atomic mass is 32.1. The van der Waals surface area contributed by atoms with E-state index in [1.54, 1.807) is 18.4 Å². The Labute approximate surface area is 154 Å². The molecular formula is C19H28N4OS. The number of thiazole rings is 1. The number of ether oxygens (including phenoxy) is 1. The first kappa shape index (κ1) is 19.2. The molecule has 2 rings (SSSR count). The van der Waals surface area contributed by atoms with E-state index < -0.39 is 0 Å². The van der Waals surface area contributed by atoms with Gasteiger partial charge in [0.15, 0.2) is 5.96 Å². The second-order valence-corrected chi connectivity index (χ2v) is 7.06. The maximum absolute atomic E-state index is 5.19. The monoisotopic (exact) mass is 360 g/mol. The number of hydrogen-bond donors (Lipinski definition) is 2. The van der Waals surface area contributed by atoms with Crippen LogP contribution in [0.25, 0.3) is 0 Å². The van der Waals surface area contributed by atoms with E-state index in [0.29, 0.717) is 0 Å². The molecule has 0 aliphatic rings. The Bertz CT molecular complexity index is 679. The van der Waals surface area contributed by atoms with Crippen molar-refractivity contribution in [2.45, 2.75) is 33.6 Å². The van der Waals surface area contributed by atoms with Crippen LogP contribution >= 0.6 is 11.3 Å². The van der Waals surface area contributed by atoms with Crippen molar-refractivity contribution in [3.63, 3.8) is 0 Å². The summed E-state index contributed by atoms with van der Waals surface area (Å²) in [6.07, 6.45) is 1.88. The Morgan fingerprint density at radius 1 is 1.16 bits per heavy atom. The van der Waals surface area contributed by atoms with E-state index in [2.05, 4.69) is 53.5 Å². The van der Waals surface area contributed by atoms with Gasteiger partial charge in [-0.25, -0.2) is 4.98 Å². The average molecular weight is 361 g/mol. The largest absolute Gasteiger partial charge is 0.497 e.